The normalized spacial score (nSPS) is 19.3. The Balaban J connectivity index is 2.19. The first-order chi connectivity index (χ1) is 7.70. The number of carboxylic acids is 1. The van der Waals surface area contributed by atoms with Crippen LogP contribution in [-0.2, 0) is 4.79 Å². The number of carboxylic acid groups (broad SMARTS) is 1. The van der Waals surface area contributed by atoms with Gasteiger partial charge in [0.2, 0.25) is 0 Å². The summed E-state index contributed by atoms with van der Waals surface area (Å²) in [6.45, 7) is 0. The molecule has 0 aromatic heterocycles. The Morgan fingerprint density at radius 1 is 1.50 bits per heavy atom. The zero-order valence-corrected chi connectivity index (χ0v) is 9.53. The van der Waals surface area contributed by atoms with E-state index in [2.05, 4.69) is 4.99 Å². The standard InChI is InChI=1S/C11H11NO3S/c1-15-8-4-2-7(3-5-8)10-12-9(6-16-10)11(13)14/h2-5,9H,6H2,1H3,(H,13,14)/t9-/m0/s1. The summed E-state index contributed by atoms with van der Waals surface area (Å²) in [5.74, 6) is 0.426. The molecule has 0 spiro atoms. The van der Waals surface area contributed by atoms with Crippen molar-refractivity contribution in [3.05, 3.63) is 29.8 Å². The Labute approximate surface area is 97.3 Å². The molecular weight excluding hydrogens is 226 g/mol. The van der Waals surface area contributed by atoms with E-state index < -0.39 is 12.0 Å². The fourth-order valence-electron chi connectivity index (χ4n) is 1.39. The third-order valence-corrected chi connectivity index (χ3v) is 3.37. The fourth-order valence-corrected chi connectivity index (χ4v) is 2.43. The third kappa shape index (κ3) is 2.19. The van der Waals surface area contributed by atoms with Gasteiger partial charge in [0.15, 0.2) is 6.04 Å². The fraction of sp³-hybridized carbons (Fsp3) is 0.273. The molecule has 1 aromatic rings. The number of carbonyl (C=O) groups is 1. The van der Waals surface area contributed by atoms with Crippen molar-refractivity contribution < 1.29 is 14.6 Å². The number of ether oxygens (including phenoxy) is 1. The zero-order valence-electron chi connectivity index (χ0n) is 8.71. The first kappa shape index (κ1) is 11.0. The maximum absolute atomic E-state index is 10.7. The molecule has 0 saturated carbocycles. The summed E-state index contributed by atoms with van der Waals surface area (Å²) in [5.41, 5.74) is 0.939. The summed E-state index contributed by atoms with van der Waals surface area (Å²) in [6, 6.07) is 6.84. The highest BCUT2D eigenvalue weighted by Crippen LogP contribution is 2.24. The highest BCUT2D eigenvalue weighted by molar-refractivity contribution is 8.14. The molecule has 1 aromatic carbocycles. The van der Waals surface area contributed by atoms with Crippen LogP contribution in [0.5, 0.6) is 5.75 Å². The van der Waals surface area contributed by atoms with Gasteiger partial charge in [-0.15, -0.1) is 11.8 Å². The largest absolute Gasteiger partial charge is 0.497 e. The van der Waals surface area contributed by atoms with Crippen molar-refractivity contribution in [2.24, 2.45) is 4.99 Å². The molecule has 1 atom stereocenters. The molecule has 0 bridgehead atoms. The summed E-state index contributed by atoms with van der Waals surface area (Å²) in [4.78, 5) is 14.9. The smallest absolute Gasteiger partial charge is 0.329 e. The van der Waals surface area contributed by atoms with Crippen LogP contribution in [0.3, 0.4) is 0 Å². The summed E-state index contributed by atoms with van der Waals surface area (Å²) in [7, 11) is 1.61. The van der Waals surface area contributed by atoms with Gasteiger partial charge in [-0.3, -0.25) is 4.99 Å². The Morgan fingerprint density at radius 2 is 2.19 bits per heavy atom. The van der Waals surface area contributed by atoms with E-state index in [1.54, 1.807) is 7.11 Å². The van der Waals surface area contributed by atoms with Crippen molar-refractivity contribution >= 4 is 22.8 Å². The monoisotopic (exact) mass is 237 g/mol. The van der Waals surface area contributed by atoms with Crippen molar-refractivity contribution in [2.75, 3.05) is 12.9 Å². The number of aliphatic imine (C=N–C) groups is 1. The lowest BCUT2D eigenvalue weighted by atomic mass is 10.2. The summed E-state index contributed by atoms with van der Waals surface area (Å²) < 4.78 is 5.05. The molecule has 1 heterocycles. The lowest BCUT2D eigenvalue weighted by Gasteiger charge is -2.01. The molecule has 0 saturated heterocycles. The van der Waals surface area contributed by atoms with E-state index >= 15 is 0 Å². The first-order valence-electron chi connectivity index (χ1n) is 4.78. The van der Waals surface area contributed by atoms with Crippen LogP contribution in [0.25, 0.3) is 0 Å². The number of hydrogen-bond acceptors (Lipinski definition) is 4. The Bertz CT molecular complexity index is 427. The van der Waals surface area contributed by atoms with Crippen LogP contribution < -0.4 is 4.74 Å². The van der Waals surface area contributed by atoms with Gasteiger partial charge >= 0.3 is 5.97 Å². The lowest BCUT2D eigenvalue weighted by Crippen LogP contribution is -2.17. The molecule has 5 heteroatoms. The predicted octanol–water partition coefficient (Wildman–Crippen LogP) is 1.64. The maximum Gasteiger partial charge on any atom is 0.329 e. The van der Waals surface area contributed by atoms with E-state index in [1.807, 2.05) is 24.3 Å². The van der Waals surface area contributed by atoms with Gasteiger partial charge in [-0.05, 0) is 24.3 Å². The van der Waals surface area contributed by atoms with Gasteiger partial charge < -0.3 is 9.84 Å². The van der Waals surface area contributed by atoms with Gasteiger partial charge in [0.1, 0.15) is 5.75 Å². The number of benzene rings is 1. The lowest BCUT2D eigenvalue weighted by molar-refractivity contribution is -0.137. The molecule has 0 radical (unpaired) electrons. The topological polar surface area (TPSA) is 58.9 Å². The summed E-state index contributed by atoms with van der Waals surface area (Å²) in [5, 5.41) is 9.61. The van der Waals surface area contributed by atoms with Gasteiger partial charge in [0.05, 0.1) is 12.2 Å². The highest BCUT2D eigenvalue weighted by Gasteiger charge is 2.24. The first-order valence-corrected chi connectivity index (χ1v) is 5.77. The van der Waals surface area contributed by atoms with E-state index in [-0.39, 0.29) is 0 Å². The molecule has 0 unspecified atom stereocenters. The van der Waals surface area contributed by atoms with Crippen molar-refractivity contribution in [2.45, 2.75) is 6.04 Å². The van der Waals surface area contributed by atoms with Crippen LogP contribution >= 0.6 is 11.8 Å². The quantitative estimate of drug-likeness (QED) is 0.868. The van der Waals surface area contributed by atoms with Crippen molar-refractivity contribution in [1.82, 2.24) is 0 Å². The SMILES string of the molecule is COc1ccc(C2=N[C@H](C(=O)O)CS2)cc1. The number of hydrogen-bond donors (Lipinski definition) is 1. The van der Waals surface area contributed by atoms with Crippen LogP contribution in [-0.4, -0.2) is 35.0 Å². The molecular formula is C11H11NO3S. The van der Waals surface area contributed by atoms with Crippen molar-refractivity contribution in [3.8, 4) is 5.75 Å². The van der Waals surface area contributed by atoms with Gasteiger partial charge in [0.25, 0.3) is 0 Å². The molecule has 0 amide bonds. The Morgan fingerprint density at radius 3 is 2.69 bits per heavy atom. The van der Waals surface area contributed by atoms with Gasteiger partial charge in [-0.1, -0.05) is 0 Å². The van der Waals surface area contributed by atoms with Crippen LogP contribution in [0.1, 0.15) is 5.56 Å². The molecule has 0 aliphatic carbocycles. The van der Waals surface area contributed by atoms with Gasteiger partial charge in [-0.2, -0.15) is 0 Å². The summed E-state index contributed by atoms with van der Waals surface area (Å²) >= 11 is 1.47. The third-order valence-electron chi connectivity index (χ3n) is 2.27. The molecule has 16 heavy (non-hydrogen) atoms. The van der Waals surface area contributed by atoms with E-state index in [0.717, 1.165) is 16.4 Å². The molecule has 0 fully saturated rings. The molecule has 1 aliphatic heterocycles. The minimum atomic E-state index is -0.865. The van der Waals surface area contributed by atoms with E-state index in [9.17, 15) is 4.79 Å². The molecule has 1 N–H and O–H groups in total. The van der Waals surface area contributed by atoms with Gasteiger partial charge in [0, 0.05) is 11.3 Å². The number of aliphatic carboxylic acids is 1. The van der Waals surface area contributed by atoms with E-state index in [0.29, 0.717) is 5.75 Å². The number of thioether (sulfide) groups is 1. The zero-order chi connectivity index (χ0) is 11.5. The second kappa shape index (κ2) is 4.57. The predicted molar refractivity (Wildman–Crippen MR) is 63.4 cm³/mol. The van der Waals surface area contributed by atoms with Crippen molar-refractivity contribution in [1.29, 1.82) is 0 Å². The average molecular weight is 237 g/mol. The number of nitrogens with zero attached hydrogens (tertiary/aromatic N) is 1. The minimum Gasteiger partial charge on any atom is -0.497 e. The average Bonchev–Trinajstić information content (AvgIpc) is 2.78. The van der Waals surface area contributed by atoms with Crippen LogP contribution in [0.2, 0.25) is 0 Å². The second-order valence-electron chi connectivity index (χ2n) is 3.33. The van der Waals surface area contributed by atoms with E-state index in [4.69, 9.17) is 9.84 Å². The molecule has 84 valence electrons. The number of methoxy groups -OCH3 is 1. The van der Waals surface area contributed by atoms with Crippen LogP contribution in [0, 0.1) is 0 Å². The number of rotatable bonds is 3. The highest BCUT2D eigenvalue weighted by atomic mass is 32.2. The molecule has 2 rings (SSSR count). The second-order valence-corrected chi connectivity index (χ2v) is 4.34. The van der Waals surface area contributed by atoms with Crippen LogP contribution in [0.4, 0.5) is 0 Å². The maximum atomic E-state index is 10.7. The molecule has 4 nitrogen and oxygen atoms in total. The Kier molecular flexibility index (Phi) is 3.14. The van der Waals surface area contributed by atoms with E-state index in [1.165, 1.54) is 11.8 Å². The minimum absolute atomic E-state index is 0.511. The molecule has 1 aliphatic rings. The Hall–Kier alpha value is -1.49. The van der Waals surface area contributed by atoms with Gasteiger partial charge in [-0.25, -0.2) is 4.79 Å². The summed E-state index contributed by atoms with van der Waals surface area (Å²) in [6.07, 6.45) is 0. The van der Waals surface area contributed by atoms with Crippen molar-refractivity contribution in [3.63, 3.8) is 0 Å². The van der Waals surface area contributed by atoms with Crippen LogP contribution in [0.15, 0.2) is 29.3 Å².